The van der Waals surface area contributed by atoms with Gasteiger partial charge in [-0.2, -0.15) is 5.26 Å². The van der Waals surface area contributed by atoms with E-state index in [9.17, 15) is 0 Å². The molecule has 2 aliphatic rings. The maximum absolute atomic E-state index is 7.32. The summed E-state index contributed by atoms with van der Waals surface area (Å²) in [5.41, 5.74) is 0. The van der Waals surface area contributed by atoms with Gasteiger partial charge in [0, 0.05) is 6.92 Å². The van der Waals surface area contributed by atoms with Crippen molar-refractivity contribution in [3.05, 3.63) is 0 Å². The van der Waals surface area contributed by atoms with Crippen LogP contribution in [-0.2, 0) is 0 Å². The largest absolute Gasteiger partial charge is 0.316 e. The Bertz CT molecular complexity index is 139. The Morgan fingerprint density at radius 1 is 1.25 bits per heavy atom. The Morgan fingerprint density at radius 2 is 1.67 bits per heavy atom. The topological polar surface area (TPSA) is 35.8 Å². The second-order valence-corrected chi connectivity index (χ2v) is 3.43. The molecule has 2 rings (SSSR count). The smallest absolute Gasteiger partial charge is 0.0587 e. The fraction of sp³-hybridized carbons (Fsp3) is 0.889. The Morgan fingerprint density at radius 3 is 2.00 bits per heavy atom. The van der Waals surface area contributed by atoms with Crippen molar-refractivity contribution in [2.45, 2.75) is 26.2 Å². The standard InChI is InChI=1S/C7H13N.C2H3N.ClH/c1-2-7-3-6(1)4-8-5-7;1-2-3;/h6-8H,1-5H2;1H3;1H. The van der Waals surface area contributed by atoms with Crippen LogP contribution in [0, 0.1) is 23.2 Å². The zero-order chi connectivity index (χ0) is 8.10. The second-order valence-electron chi connectivity index (χ2n) is 3.43. The van der Waals surface area contributed by atoms with E-state index in [1.165, 1.54) is 39.3 Å². The predicted octanol–water partition coefficient (Wildman–Crippen LogP) is 1.96. The number of piperidine rings is 1. The third kappa shape index (κ3) is 3.42. The van der Waals surface area contributed by atoms with Gasteiger partial charge in [-0.3, -0.25) is 0 Å². The number of fused-ring (bicyclic) bond motifs is 2. The Balaban J connectivity index is 0.000000272. The molecule has 2 atom stereocenters. The Labute approximate surface area is 80.7 Å². The summed E-state index contributed by atoms with van der Waals surface area (Å²) in [4.78, 5) is 0. The average Bonchev–Trinajstić information content (AvgIpc) is 2.33. The summed E-state index contributed by atoms with van der Waals surface area (Å²) in [5, 5.41) is 10.8. The molecule has 2 bridgehead atoms. The van der Waals surface area contributed by atoms with Crippen LogP contribution in [0.3, 0.4) is 0 Å². The fourth-order valence-electron chi connectivity index (χ4n) is 2.04. The Hall–Kier alpha value is -0.260. The van der Waals surface area contributed by atoms with Gasteiger partial charge in [0.05, 0.1) is 6.07 Å². The van der Waals surface area contributed by atoms with Gasteiger partial charge in [-0.05, 0) is 44.2 Å². The van der Waals surface area contributed by atoms with Crippen molar-refractivity contribution in [2.75, 3.05) is 13.1 Å². The summed E-state index contributed by atoms with van der Waals surface area (Å²) in [6.45, 7) is 4.03. The van der Waals surface area contributed by atoms with E-state index in [0.717, 1.165) is 11.8 Å². The van der Waals surface area contributed by atoms with Crippen molar-refractivity contribution in [3.8, 4) is 6.07 Å². The maximum Gasteiger partial charge on any atom is 0.0587 e. The lowest BCUT2D eigenvalue weighted by Crippen LogP contribution is -2.30. The molecule has 0 aromatic heterocycles. The molecule has 3 heteroatoms. The molecule has 0 radical (unpaired) electrons. The van der Waals surface area contributed by atoms with E-state index in [1.807, 2.05) is 0 Å². The monoisotopic (exact) mass is 188 g/mol. The first-order chi connectivity index (χ1) is 5.36. The van der Waals surface area contributed by atoms with Crippen LogP contribution >= 0.6 is 12.4 Å². The number of nitriles is 1. The second kappa shape index (κ2) is 6.28. The van der Waals surface area contributed by atoms with Crippen molar-refractivity contribution >= 4 is 12.4 Å². The highest BCUT2D eigenvalue weighted by molar-refractivity contribution is 5.85. The molecule has 0 amide bonds. The maximum atomic E-state index is 7.32. The quantitative estimate of drug-likeness (QED) is 0.631. The summed E-state index contributed by atoms with van der Waals surface area (Å²) in [6.07, 6.45) is 4.52. The molecule has 1 saturated heterocycles. The molecule has 2 fully saturated rings. The highest BCUT2D eigenvalue weighted by Crippen LogP contribution is 2.32. The van der Waals surface area contributed by atoms with Crippen LogP contribution in [0.4, 0.5) is 0 Å². The van der Waals surface area contributed by atoms with Gasteiger partial charge in [0.2, 0.25) is 0 Å². The number of halogens is 1. The highest BCUT2D eigenvalue weighted by Gasteiger charge is 2.27. The summed E-state index contributed by atoms with van der Waals surface area (Å²) >= 11 is 0. The van der Waals surface area contributed by atoms with Crippen LogP contribution in [0.1, 0.15) is 26.2 Å². The number of rotatable bonds is 0. The lowest BCUT2D eigenvalue weighted by Gasteiger charge is -2.18. The minimum Gasteiger partial charge on any atom is -0.316 e. The van der Waals surface area contributed by atoms with Crippen LogP contribution in [0.15, 0.2) is 0 Å². The van der Waals surface area contributed by atoms with Gasteiger partial charge in [0.25, 0.3) is 0 Å². The van der Waals surface area contributed by atoms with E-state index < -0.39 is 0 Å². The highest BCUT2D eigenvalue weighted by atomic mass is 35.5. The first-order valence-electron chi connectivity index (χ1n) is 4.38. The predicted molar refractivity (Wildman–Crippen MR) is 52.2 cm³/mol. The molecule has 0 aromatic carbocycles. The van der Waals surface area contributed by atoms with Gasteiger partial charge in [-0.25, -0.2) is 0 Å². The minimum absolute atomic E-state index is 0. The van der Waals surface area contributed by atoms with Gasteiger partial charge < -0.3 is 5.32 Å². The van der Waals surface area contributed by atoms with Crippen molar-refractivity contribution in [2.24, 2.45) is 11.8 Å². The number of nitrogens with zero attached hydrogens (tertiary/aromatic N) is 1. The summed E-state index contributed by atoms with van der Waals surface area (Å²) in [5.74, 6) is 2.10. The molecule has 0 aromatic rings. The van der Waals surface area contributed by atoms with E-state index in [-0.39, 0.29) is 12.4 Å². The summed E-state index contributed by atoms with van der Waals surface area (Å²) in [7, 11) is 0. The summed E-state index contributed by atoms with van der Waals surface area (Å²) < 4.78 is 0. The summed E-state index contributed by atoms with van der Waals surface area (Å²) in [6, 6.07) is 1.75. The zero-order valence-corrected chi connectivity index (χ0v) is 8.36. The molecule has 0 spiro atoms. The molecule has 1 aliphatic carbocycles. The SMILES string of the molecule is C1CC2CNCC1C2.CC#N.Cl. The van der Waals surface area contributed by atoms with E-state index in [0.29, 0.717) is 0 Å². The number of hydrogen-bond donors (Lipinski definition) is 1. The van der Waals surface area contributed by atoms with Crippen molar-refractivity contribution < 1.29 is 0 Å². The molecule has 1 N–H and O–H groups in total. The van der Waals surface area contributed by atoms with E-state index in [2.05, 4.69) is 5.32 Å². The van der Waals surface area contributed by atoms with Crippen molar-refractivity contribution in [3.63, 3.8) is 0 Å². The molecule has 1 saturated carbocycles. The molecular formula is C9H17ClN2. The lowest BCUT2D eigenvalue weighted by molar-refractivity contribution is 0.379. The van der Waals surface area contributed by atoms with Gasteiger partial charge in [0.15, 0.2) is 0 Å². The van der Waals surface area contributed by atoms with Crippen LogP contribution in [-0.4, -0.2) is 13.1 Å². The van der Waals surface area contributed by atoms with E-state index in [1.54, 1.807) is 6.07 Å². The molecule has 70 valence electrons. The van der Waals surface area contributed by atoms with Gasteiger partial charge in [-0.15, -0.1) is 12.4 Å². The van der Waals surface area contributed by atoms with Crippen LogP contribution in [0.5, 0.6) is 0 Å². The first kappa shape index (κ1) is 11.7. The van der Waals surface area contributed by atoms with Crippen LogP contribution < -0.4 is 5.32 Å². The third-order valence-electron chi connectivity index (χ3n) is 2.52. The van der Waals surface area contributed by atoms with Crippen molar-refractivity contribution in [1.82, 2.24) is 5.32 Å². The molecule has 2 unspecified atom stereocenters. The molecule has 2 nitrogen and oxygen atoms in total. The van der Waals surface area contributed by atoms with Crippen molar-refractivity contribution in [1.29, 1.82) is 5.26 Å². The van der Waals surface area contributed by atoms with E-state index >= 15 is 0 Å². The third-order valence-corrected chi connectivity index (χ3v) is 2.52. The molecular weight excluding hydrogens is 172 g/mol. The Kier molecular flexibility index (Phi) is 6.14. The van der Waals surface area contributed by atoms with E-state index in [4.69, 9.17) is 5.26 Å². The molecule has 1 aliphatic heterocycles. The van der Waals surface area contributed by atoms with Crippen LogP contribution in [0.2, 0.25) is 0 Å². The first-order valence-corrected chi connectivity index (χ1v) is 4.38. The number of hydrogen-bond acceptors (Lipinski definition) is 2. The van der Waals surface area contributed by atoms with Gasteiger partial charge in [0.1, 0.15) is 0 Å². The van der Waals surface area contributed by atoms with Crippen LogP contribution in [0.25, 0.3) is 0 Å². The minimum atomic E-state index is 0. The zero-order valence-electron chi connectivity index (χ0n) is 7.55. The number of nitrogens with one attached hydrogen (secondary N) is 1. The fourth-order valence-corrected chi connectivity index (χ4v) is 2.04. The van der Waals surface area contributed by atoms with Gasteiger partial charge in [-0.1, -0.05) is 0 Å². The average molecular weight is 189 g/mol. The normalized spacial score (nSPS) is 30.7. The molecule has 12 heavy (non-hydrogen) atoms. The molecule has 1 heterocycles. The van der Waals surface area contributed by atoms with Gasteiger partial charge >= 0.3 is 0 Å². The lowest BCUT2D eigenvalue weighted by atomic mass is 10.0.